The molecule has 1 rings (SSSR count). The number of esters is 1. The van der Waals surface area contributed by atoms with E-state index in [1.54, 1.807) is 20.8 Å². The zero-order valence-electron chi connectivity index (χ0n) is 14.3. The summed E-state index contributed by atoms with van der Waals surface area (Å²) in [6, 6.07) is -0.802. The Kier molecular flexibility index (Phi) is 7.27. The van der Waals surface area contributed by atoms with Crippen molar-refractivity contribution in [1.29, 1.82) is 0 Å². The van der Waals surface area contributed by atoms with Gasteiger partial charge in [0.25, 0.3) is 0 Å². The normalized spacial score (nSPS) is 21.8. The number of ether oxygens (including phenoxy) is 3. The average molecular weight is 344 g/mol. The standard InChI is InChI=1S/C14H24N4O6/c1-14(2,3)24-13(21)18-7-10(5-11(18)12(20)22-4)23-8-9(19)6-16-17-15/h9-11,19H,5-8H2,1-4H3/t9?,10-,11-/m1/s1. The summed E-state index contributed by atoms with van der Waals surface area (Å²) in [5.41, 5.74) is 7.51. The van der Waals surface area contributed by atoms with E-state index in [-0.39, 0.29) is 26.1 Å². The number of carbonyl (C=O) groups excluding carboxylic acids is 2. The predicted octanol–water partition coefficient (Wildman–Crippen LogP) is 1.23. The highest BCUT2D eigenvalue weighted by Crippen LogP contribution is 2.24. The van der Waals surface area contributed by atoms with Gasteiger partial charge in [-0.3, -0.25) is 4.90 Å². The first-order valence-corrected chi connectivity index (χ1v) is 7.56. The SMILES string of the molecule is COC(=O)[C@H]1C[C@@H](OCC(O)CN=[N+]=[N-])CN1C(=O)OC(C)(C)C. The van der Waals surface area contributed by atoms with Crippen LogP contribution in [0.25, 0.3) is 10.4 Å². The van der Waals surface area contributed by atoms with E-state index in [1.807, 2.05) is 0 Å². The maximum atomic E-state index is 12.3. The molecule has 1 fully saturated rings. The fourth-order valence-corrected chi connectivity index (χ4v) is 2.23. The van der Waals surface area contributed by atoms with Crippen LogP contribution in [0.3, 0.4) is 0 Å². The first kappa shape index (κ1) is 20.0. The highest BCUT2D eigenvalue weighted by Gasteiger charge is 2.42. The molecule has 1 amide bonds. The zero-order valence-corrected chi connectivity index (χ0v) is 14.3. The van der Waals surface area contributed by atoms with Crippen LogP contribution in [0.1, 0.15) is 27.2 Å². The van der Waals surface area contributed by atoms with Crippen LogP contribution < -0.4 is 0 Å². The van der Waals surface area contributed by atoms with Gasteiger partial charge in [-0.05, 0) is 26.3 Å². The molecular formula is C14H24N4O6. The van der Waals surface area contributed by atoms with Gasteiger partial charge in [0.1, 0.15) is 11.6 Å². The Bertz CT molecular complexity index is 500. The number of aliphatic hydroxyl groups excluding tert-OH is 1. The molecule has 0 aromatic heterocycles. The van der Waals surface area contributed by atoms with Crippen molar-refractivity contribution in [3.63, 3.8) is 0 Å². The third-order valence-electron chi connectivity index (χ3n) is 3.24. The largest absolute Gasteiger partial charge is 0.467 e. The zero-order chi connectivity index (χ0) is 18.3. The third-order valence-corrected chi connectivity index (χ3v) is 3.24. The molecule has 0 aromatic rings. The van der Waals surface area contributed by atoms with E-state index < -0.39 is 35.9 Å². The molecule has 0 saturated carbocycles. The Morgan fingerprint density at radius 2 is 2.12 bits per heavy atom. The van der Waals surface area contributed by atoms with Gasteiger partial charge in [0.2, 0.25) is 0 Å². The number of aliphatic hydroxyl groups is 1. The molecule has 1 unspecified atom stereocenters. The summed E-state index contributed by atoms with van der Waals surface area (Å²) in [6.45, 7) is 5.15. The predicted molar refractivity (Wildman–Crippen MR) is 83.1 cm³/mol. The second kappa shape index (κ2) is 8.72. The van der Waals surface area contributed by atoms with Crippen molar-refractivity contribution in [3.8, 4) is 0 Å². The lowest BCUT2D eigenvalue weighted by Gasteiger charge is -2.27. The molecule has 1 N–H and O–H groups in total. The van der Waals surface area contributed by atoms with Crippen LogP contribution in [-0.2, 0) is 19.0 Å². The number of hydrogen-bond acceptors (Lipinski definition) is 7. The van der Waals surface area contributed by atoms with Crippen molar-refractivity contribution in [3.05, 3.63) is 10.4 Å². The van der Waals surface area contributed by atoms with E-state index in [0.29, 0.717) is 0 Å². The van der Waals surface area contributed by atoms with E-state index in [9.17, 15) is 14.7 Å². The summed E-state index contributed by atoms with van der Waals surface area (Å²) in [5.74, 6) is -0.554. The number of amides is 1. The van der Waals surface area contributed by atoms with Gasteiger partial charge in [-0.2, -0.15) is 0 Å². The lowest BCUT2D eigenvalue weighted by molar-refractivity contribution is -0.145. The van der Waals surface area contributed by atoms with E-state index in [4.69, 9.17) is 19.7 Å². The molecule has 0 radical (unpaired) electrons. The first-order chi connectivity index (χ1) is 11.2. The summed E-state index contributed by atoms with van der Waals surface area (Å²) in [6.07, 6.45) is -1.80. The Hall–Kier alpha value is -2.03. The number of rotatable bonds is 6. The molecular weight excluding hydrogens is 320 g/mol. The number of hydrogen-bond donors (Lipinski definition) is 1. The minimum Gasteiger partial charge on any atom is -0.467 e. The molecule has 0 aliphatic carbocycles. The van der Waals surface area contributed by atoms with E-state index in [0.717, 1.165) is 0 Å². The summed E-state index contributed by atoms with van der Waals surface area (Å²) in [4.78, 5) is 28.0. The lowest BCUT2D eigenvalue weighted by atomic mass is 10.2. The van der Waals surface area contributed by atoms with Crippen molar-refractivity contribution in [2.24, 2.45) is 5.11 Å². The van der Waals surface area contributed by atoms with Gasteiger partial charge in [-0.25, -0.2) is 9.59 Å². The molecule has 1 aliphatic heterocycles. The summed E-state index contributed by atoms with van der Waals surface area (Å²) in [5, 5.41) is 12.9. The molecule has 1 heterocycles. The first-order valence-electron chi connectivity index (χ1n) is 7.56. The Morgan fingerprint density at radius 3 is 2.67 bits per heavy atom. The van der Waals surface area contributed by atoms with Gasteiger partial charge < -0.3 is 19.3 Å². The Labute approximate surface area is 140 Å². The fraction of sp³-hybridized carbons (Fsp3) is 0.857. The maximum Gasteiger partial charge on any atom is 0.411 e. The van der Waals surface area contributed by atoms with Crippen LogP contribution in [0.15, 0.2) is 5.11 Å². The number of likely N-dealkylation sites (tertiary alicyclic amines) is 1. The second-order valence-corrected chi connectivity index (χ2v) is 6.43. The molecule has 1 saturated heterocycles. The number of azide groups is 1. The molecule has 0 spiro atoms. The summed E-state index contributed by atoms with van der Waals surface area (Å²) in [7, 11) is 1.24. The molecule has 0 aromatic carbocycles. The van der Waals surface area contributed by atoms with Crippen LogP contribution >= 0.6 is 0 Å². The van der Waals surface area contributed by atoms with E-state index in [1.165, 1.54) is 12.0 Å². The van der Waals surface area contributed by atoms with Crippen molar-refractivity contribution in [1.82, 2.24) is 4.90 Å². The van der Waals surface area contributed by atoms with Gasteiger partial charge in [-0.1, -0.05) is 5.11 Å². The monoisotopic (exact) mass is 344 g/mol. The molecule has 10 nitrogen and oxygen atoms in total. The fourth-order valence-electron chi connectivity index (χ4n) is 2.23. The van der Waals surface area contributed by atoms with Crippen molar-refractivity contribution >= 4 is 12.1 Å². The average Bonchev–Trinajstić information content (AvgIpc) is 2.93. The van der Waals surface area contributed by atoms with Gasteiger partial charge >= 0.3 is 12.1 Å². The number of nitrogens with zero attached hydrogens (tertiary/aromatic N) is 4. The quantitative estimate of drug-likeness (QED) is 0.333. The van der Waals surface area contributed by atoms with Crippen molar-refractivity contribution in [2.75, 3.05) is 26.8 Å². The maximum absolute atomic E-state index is 12.3. The van der Waals surface area contributed by atoms with Crippen LogP contribution in [0.4, 0.5) is 4.79 Å². The minimum absolute atomic E-state index is 0.0697. The number of methoxy groups -OCH3 is 1. The molecule has 3 atom stereocenters. The van der Waals surface area contributed by atoms with Gasteiger partial charge in [0, 0.05) is 11.3 Å². The highest BCUT2D eigenvalue weighted by molar-refractivity contribution is 5.82. The topological polar surface area (TPSA) is 134 Å². The van der Waals surface area contributed by atoms with Crippen molar-refractivity contribution < 1.29 is 28.9 Å². The summed E-state index contributed by atoms with van der Waals surface area (Å²) < 4.78 is 15.5. The van der Waals surface area contributed by atoms with Gasteiger partial charge in [0.05, 0.1) is 39.0 Å². The third kappa shape index (κ3) is 6.23. The van der Waals surface area contributed by atoms with Crippen LogP contribution in [0.5, 0.6) is 0 Å². The lowest BCUT2D eigenvalue weighted by Crippen LogP contribution is -2.44. The molecule has 136 valence electrons. The van der Waals surface area contributed by atoms with E-state index >= 15 is 0 Å². The second-order valence-electron chi connectivity index (χ2n) is 6.43. The summed E-state index contributed by atoms with van der Waals surface area (Å²) >= 11 is 0. The van der Waals surface area contributed by atoms with Crippen LogP contribution in [0.2, 0.25) is 0 Å². The Balaban J connectivity index is 2.68. The smallest absolute Gasteiger partial charge is 0.411 e. The molecule has 0 bridgehead atoms. The Morgan fingerprint density at radius 1 is 1.46 bits per heavy atom. The molecule has 1 aliphatic rings. The minimum atomic E-state index is -0.951. The number of carbonyl (C=O) groups is 2. The van der Waals surface area contributed by atoms with Crippen molar-refractivity contribution in [2.45, 2.75) is 51.0 Å². The highest BCUT2D eigenvalue weighted by atomic mass is 16.6. The van der Waals surface area contributed by atoms with Gasteiger partial charge in [-0.15, -0.1) is 0 Å². The molecule has 24 heavy (non-hydrogen) atoms. The van der Waals surface area contributed by atoms with Crippen LogP contribution in [0, 0.1) is 0 Å². The van der Waals surface area contributed by atoms with E-state index in [2.05, 4.69) is 10.0 Å². The van der Waals surface area contributed by atoms with Gasteiger partial charge in [0.15, 0.2) is 0 Å². The molecule has 10 heteroatoms. The van der Waals surface area contributed by atoms with Crippen LogP contribution in [-0.4, -0.2) is 72.7 Å².